The van der Waals surface area contributed by atoms with Crippen molar-refractivity contribution in [2.24, 2.45) is 0 Å². The van der Waals surface area contributed by atoms with Crippen LogP contribution in [-0.2, 0) is 0 Å². The first-order valence-corrected chi connectivity index (χ1v) is 6.73. The minimum atomic E-state index is -0.789. The molecule has 0 aliphatic carbocycles. The van der Waals surface area contributed by atoms with Gasteiger partial charge in [-0.15, -0.1) is 0 Å². The topological polar surface area (TPSA) is 52.4 Å². The summed E-state index contributed by atoms with van der Waals surface area (Å²) < 4.78 is 32.2. The highest BCUT2D eigenvalue weighted by Crippen LogP contribution is 2.38. The van der Waals surface area contributed by atoms with Crippen molar-refractivity contribution in [3.63, 3.8) is 0 Å². The lowest BCUT2D eigenvalue weighted by atomic mass is 10.3. The summed E-state index contributed by atoms with van der Waals surface area (Å²) in [5.74, 6) is -1.50. The summed E-state index contributed by atoms with van der Waals surface area (Å²) in [5, 5.41) is 10.9. The number of nitrogens with zero attached hydrogens (tertiary/aromatic N) is 1. The Morgan fingerprint density at radius 3 is 2.40 bits per heavy atom. The third-order valence-electron chi connectivity index (χ3n) is 2.31. The van der Waals surface area contributed by atoms with Crippen molar-refractivity contribution in [1.82, 2.24) is 0 Å². The van der Waals surface area contributed by atoms with Crippen LogP contribution in [0, 0.1) is 21.7 Å². The lowest BCUT2D eigenvalue weighted by Crippen LogP contribution is -1.96. The molecule has 2 aromatic rings. The van der Waals surface area contributed by atoms with Gasteiger partial charge in [-0.05, 0) is 44.0 Å². The fraction of sp³-hybridized carbons (Fsp3) is 0. The second-order valence-electron chi connectivity index (χ2n) is 3.67. The maximum atomic E-state index is 13.3. The van der Waals surface area contributed by atoms with Crippen LogP contribution in [0.3, 0.4) is 0 Å². The molecular weight excluding hydrogens is 404 g/mol. The molecule has 8 heteroatoms. The van der Waals surface area contributed by atoms with E-state index in [2.05, 4.69) is 31.9 Å². The molecule has 0 spiro atoms. The molecule has 0 N–H and O–H groups in total. The molecule has 20 heavy (non-hydrogen) atoms. The van der Waals surface area contributed by atoms with Gasteiger partial charge in [-0.1, -0.05) is 0 Å². The molecule has 0 aliphatic rings. The maximum Gasteiger partial charge on any atom is 0.314 e. The molecule has 0 saturated carbocycles. The van der Waals surface area contributed by atoms with Crippen LogP contribution < -0.4 is 4.74 Å². The summed E-state index contributed by atoms with van der Waals surface area (Å²) in [7, 11) is 0. The molecule has 0 aliphatic heterocycles. The second-order valence-corrected chi connectivity index (χ2v) is 5.38. The van der Waals surface area contributed by atoms with E-state index in [-0.39, 0.29) is 16.0 Å². The molecule has 0 bridgehead atoms. The average Bonchev–Trinajstić information content (AvgIpc) is 2.37. The van der Waals surface area contributed by atoms with Gasteiger partial charge in [-0.3, -0.25) is 10.1 Å². The van der Waals surface area contributed by atoms with Gasteiger partial charge in [0.15, 0.2) is 0 Å². The van der Waals surface area contributed by atoms with Crippen LogP contribution in [0.25, 0.3) is 0 Å². The second kappa shape index (κ2) is 5.84. The van der Waals surface area contributed by atoms with Crippen molar-refractivity contribution in [3.8, 4) is 11.5 Å². The Labute approximate surface area is 128 Å². The summed E-state index contributed by atoms with van der Waals surface area (Å²) in [6.45, 7) is 0. The summed E-state index contributed by atoms with van der Waals surface area (Å²) >= 11 is 6.05. The maximum absolute atomic E-state index is 13.3. The van der Waals surface area contributed by atoms with Gasteiger partial charge in [0.1, 0.15) is 17.4 Å². The first kappa shape index (κ1) is 14.9. The number of nitro benzene ring substituents is 1. The first-order chi connectivity index (χ1) is 9.38. The molecule has 0 fully saturated rings. The molecule has 104 valence electrons. The third kappa shape index (κ3) is 3.13. The van der Waals surface area contributed by atoms with E-state index in [1.165, 1.54) is 12.1 Å². The number of halogens is 4. The van der Waals surface area contributed by atoms with E-state index in [9.17, 15) is 18.9 Å². The number of nitro groups is 1. The summed E-state index contributed by atoms with van der Waals surface area (Å²) in [6, 6.07) is 5.50. The van der Waals surface area contributed by atoms with Crippen molar-refractivity contribution >= 4 is 37.5 Å². The average molecular weight is 409 g/mol. The van der Waals surface area contributed by atoms with Crippen LogP contribution >= 0.6 is 31.9 Å². The molecule has 0 radical (unpaired) electrons. The predicted molar refractivity (Wildman–Crippen MR) is 74.9 cm³/mol. The molecule has 0 unspecified atom stereocenters. The van der Waals surface area contributed by atoms with E-state index in [0.29, 0.717) is 4.47 Å². The fourth-order valence-electron chi connectivity index (χ4n) is 1.42. The summed E-state index contributed by atoms with van der Waals surface area (Å²) in [4.78, 5) is 10.1. The van der Waals surface area contributed by atoms with E-state index >= 15 is 0 Å². The predicted octanol–water partition coefficient (Wildman–Crippen LogP) is 5.19. The molecule has 2 rings (SSSR count). The van der Waals surface area contributed by atoms with Crippen LogP contribution in [-0.4, -0.2) is 4.92 Å². The van der Waals surface area contributed by atoms with Crippen molar-refractivity contribution in [1.29, 1.82) is 0 Å². The lowest BCUT2D eigenvalue weighted by Gasteiger charge is -2.09. The van der Waals surface area contributed by atoms with Crippen molar-refractivity contribution in [2.75, 3.05) is 0 Å². The number of hydrogen-bond acceptors (Lipinski definition) is 3. The summed E-state index contributed by atoms with van der Waals surface area (Å²) in [6.07, 6.45) is 0. The molecule has 0 saturated heterocycles. The van der Waals surface area contributed by atoms with Gasteiger partial charge < -0.3 is 4.74 Å². The molecule has 4 nitrogen and oxygen atoms in total. The standard InChI is InChI=1S/C12H5Br2F2NO3/c13-7-2-1-6(15)3-11(7)20-12-4-8(14)9(16)5-10(12)17(18)19/h1-5H. The van der Waals surface area contributed by atoms with E-state index in [1.807, 2.05) is 0 Å². The molecule has 2 aromatic carbocycles. The van der Waals surface area contributed by atoms with Crippen LogP contribution in [0.2, 0.25) is 0 Å². The van der Waals surface area contributed by atoms with Crippen molar-refractivity contribution < 1.29 is 18.4 Å². The first-order valence-electron chi connectivity index (χ1n) is 5.15. The number of benzene rings is 2. The van der Waals surface area contributed by atoms with Gasteiger partial charge >= 0.3 is 5.69 Å². The zero-order valence-corrected chi connectivity index (χ0v) is 12.7. The monoisotopic (exact) mass is 407 g/mol. The minimum absolute atomic E-state index is 0.00521. The van der Waals surface area contributed by atoms with Gasteiger partial charge in [-0.25, -0.2) is 8.78 Å². The van der Waals surface area contributed by atoms with Crippen molar-refractivity contribution in [2.45, 2.75) is 0 Å². The smallest absolute Gasteiger partial charge is 0.314 e. The third-order valence-corrected chi connectivity index (χ3v) is 3.57. The SMILES string of the molecule is O=[N+]([O-])c1cc(F)c(Br)cc1Oc1cc(F)ccc1Br. The fourth-order valence-corrected chi connectivity index (χ4v) is 2.07. The van der Waals surface area contributed by atoms with Gasteiger partial charge in [0.2, 0.25) is 5.75 Å². The highest BCUT2D eigenvalue weighted by atomic mass is 79.9. The van der Waals surface area contributed by atoms with Crippen LogP contribution in [0.15, 0.2) is 39.3 Å². The molecule has 0 amide bonds. The zero-order valence-electron chi connectivity index (χ0n) is 9.57. The Hall–Kier alpha value is -1.54. The molecular formula is C12H5Br2F2NO3. The number of ether oxygens (including phenoxy) is 1. The molecule has 0 aromatic heterocycles. The minimum Gasteiger partial charge on any atom is -0.449 e. The van der Waals surface area contributed by atoms with Crippen LogP contribution in [0.5, 0.6) is 11.5 Å². The van der Waals surface area contributed by atoms with Crippen LogP contribution in [0.1, 0.15) is 0 Å². The van der Waals surface area contributed by atoms with Gasteiger partial charge in [0, 0.05) is 12.1 Å². The highest BCUT2D eigenvalue weighted by Gasteiger charge is 2.20. The zero-order chi connectivity index (χ0) is 14.9. The Morgan fingerprint density at radius 2 is 1.75 bits per heavy atom. The quantitative estimate of drug-likeness (QED) is 0.518. The lowest BCUT2D eigenvalue weighted by molar-refractivity contribution is -0.385. The highest BCUT2D eigenvalue weighted by molar-refractivity contribution is 9.10. The molecule has 0 heterocycles. The van der Waals surface area contributed by atoms with E-state index in [1.54, 1.807) is 0 Å². The van der Waals surface area contributed by atoms with Gasteiger partial charge in [-0.2, -0.15) is 0 Å². The number of rotatable bonds is 3. The van der Waals surface area contributed by atoms with Crippen LogP contribution in [0.4, 0.5) is 14.5 Å². The Bertz CT molecular complexity index is 695. The van der Waals surface area contributed by atoms with Gasteiger partial charge in [0.25, 0.3) is 0 Å². The Morgan fingerprint density at radius 1 is 1.05 bits per heavy atom. The van der Waals surface area contributed by atoms with Gasteiger partial charge in [0.05, 0.1) is 19.9 Å². The van der Waals surface area contributed by atoms with E-state index in [4.69, 9.17) is 4.74 Å². The van der Waals surface area contributed by atoms with E-state index in [0.717, 1.165) is 18.2 Å². The number of hydrogen-bond donors (Lipinski definition) is 0. The Balaban J connectivity index is 2.50. The largest absolute Gasteiger partial charge is 0.449 e. The summed E-state index contributed by atoms with van der Waals surface area (Å²) in [5.41, 5.74) is -0.554. The molecule has 0 atom stereocenters. The Kier molecular flexibility index (Phi) is 4.34. The van der Waals surface area contributed by atoms with Crippen molar-refractivity contribution in [3.05, 3.63) is 61.0 Å². The normalized spacial score (nSPS) is 10.4. The van der Waals surface area contributed by atoms with E-state index < -0.39 is 22.2 Å².